The molecule has 28 heavy (non-hydrogen) atoms. The van der Waals surface area contributed by atoms with E-state index in [1.54, 1.807) is 6.07 Å². The molecule has 0 aromatic heterocycles. The molecule has 152 valence electrons. The first-order valence-corrected chi connectivity index (χ1v) is 11.6. The van der Waals surface area contributed by atoms with Gasteiger partial charge in [-0.15, -0.1) is 11.8 Å². The lowest BCUT2D eigenvalue weighted by molar-refractivity contribution is -0.115. The zero-order chi connectivity index (χ0) is 21.1. The van der Waals surface area contributed by atoms with E-state index in [4.69, 9.17) is 11.6 Å². The van der Waals surface area contributed by atoms with Crippen LogP contribution >= 0.6 is 23.4 Å². The molecule has 0 radical (unpaired) electrons. The minimum absolute atomic E-state index is 0.0346. The summed E-state index contributed by atoms with van der Waals surface area (Å²) in [7, 11) is -0.829. The van der Waals surface area contributed by atoms with Gasteiger partial charge in [-0.25, -0.2) is 12.7 Å². The molecule has 1 amide bonds. The number of halogens is 1. The van der Waals surface area contributed by atoms with E-state index in [0.29, 0.717) is 5.69 Å². The second-order valence-electron chi connectivity index (χ2n) is 6.81. The van der Waals surface area contributed by atoms with Gasteiger partial charge < -0.3 is 5.32 Å². The number of carbonyl (C=O) groups excluding carboxylic acids is 1. The maximum absolute atomic E-state index is 12.5. The average Bonchev–Trinajstić information content (AvgIpc) is 2.63. The monoisotopic (exact) mass is 440 g/mol. The minimum atomic E-state index is -3.70. The van der Waals surface area contributed by atoms with Gasteiger partial charge in [-0.05, 0) is 50.1 Å². The summed E-state index contributed by atoms with van der Waals surface area (Å²) in [6.45, 7) is 5.93. The molecule has 5 nitrogen and oxygen atoms in total. The van der Waals surface area contributed by atoms with Gasteiger partial charge in [0.15, 0.2) is 0 Å². The van der Waals surface area contributed by atoms with Crippen molar-refractivity contribution < 1.29 is 13.2 Å². The van der Waals surface area contributed by atoms with Crippen molar-refractivity contribution in [1.29, 1.82) is 0 Å². The number of nitrogens with zero attached hydrogens (tertiary/aromatic N) is 1. The lowest BCUT2D eigenvalue weighted by Crippen LogP contribution is -2.24. The summed E-state index contributed by atoms with van der Waals surface area (Å²) in [5, 5.41) is 2.59. The maximum Gasteiger partial charge on any atom is 0.244 e. The van der Waals surface area contributed by atoms with Crippen molar-refractivity contribution in [3.8, 4) is 0 Å². The SMILES string of the molecule is Cc1ccc(C)c(CSC(C)C(=O)Nc2ccc(Cl)c(S(=O)(=O)N(C)C)c2)c1. The number of hydrogen-bond acceptors (Lipinski definition) is 4. The van der Waals surface area contributed by atoms with E-state index in [2.05, 4.69) is 30.4 Å². The van der Waals surface area contributed by atoms with Crippen molar-refractivity contribution in [3.05, 3.63) is 58.1 Å². The van der Waals surface area contributed by atoms with Crippen molar-refractivity contribution >= 4 is 45.0 Å². The molecule has 0 saturated carbocycles. The molecule has 0 aliphatic heterocycles. The van der Waals surface area contributed by atoms with Crippen LogP contribution in [0.1, 0.15) is 23.6 Å². The molecule has 8 heteroatoms. The number of benzene rings is 2. The topological polar surface area (TPSA) is 66.5 Å². The fraction of sp³-hybridized carbons (Fsp3) is 0.350. The normalized spacial score (nSPS) is 12.8. The maximum atomic E-state index is 12.5. The molecule has 0 saturated heterocycles. The highest BCUT2D eigenvalue weighted by atomic mass is 35.5. The quantitative estimate of drug-likeness (QED) is 0.689. The van der Waals surface area contributed by atoms with E-state index >= 15 is 0 Å². The molecule has 0 heterocycles. The number of sulfonamides is 1. The third-order valence-electron chi connectivity index (χ3n) is 4.32. The number of amides is 1. The fourth-order valence-electron chi connectivity index (χ4n) is 2.47. The summed E-state index contributed by atoms with van der Waals surface area (Å²) in [5.74, 6) is 0.536. The van der Waals surface area contributed by atoms with Gasteiger partial charge in [-0.3, -0.25) is 4.79 Å². The van der Waals surface area contributed by atoms with E-state index < -0.39 is 10.0 Å². The van der Waals surface area contributed by atoms with Gasteiger partial charge in [-0.1, -0.05) is 35.4 Å². The van der Waals surface area contributed by atoms with E-state index in [1.807, 2.05) is 13.8 Å². The second kappa shape index (κ2) is 9.31. The Balaban J connectivity index is 2.09. The number of nitrogens with one attached hydrogen (secondary N) is 1. The number of carbonyl (C=O) groups is 1. The number of thioether (sulfide) groups is 1. The largest absolute Gasteiger partial charge is 0.325 e. The van der Waals surface area contributed by atoms with Gasteiger partial charge >= 0.3 is 0 Å². The second-order valence-corrected chi connectivity index (χ2v) is 10.7. The van der Waals surface area contributed by atoms with Crippen LogP contribution in [-0.4, -0.2) is 38.0 Å². The Hall–Kier alpha value is -1.54. The van der Waals surface area contributed by atoms with Gasteiger partial charge in [0.2, 0.25) is 15.9 Å². The van der Waals surface area contributed by atoms with Crippen LogP contribution in [0.4, 0.5) is 5.69 Å². The summed E-state index contributed by atoms with van der Waals surface area (Å²) in [6, 6.07) is 10.7. The number of aryl methyl sites for hydroxylation is 2. The molecule has 0 bridgehead atoms. The molecule has 2 aromatic carbocycles. The first-order valence-electron chi connectivity index (χ1n) is 8.73. The predicted octanol–water partition coefficient (Wildman–Crippen LogP) is 4.47. The first-order chi connectivity index (χ1) is 13.0. The molecule has 1 unspecified atom stereocenters. The fourth-order valence-corrected chi connectivity index (χ4v) is 4.81. The molecule has 1 N–H and O–H groups in total. The van der Waals surface area contributed by atoms with Gasteiger partial charge in [0.05, 0.1) is 10.3 Å². The summed E-state index contributed by atoms with van der Waals surface area (Å²) in [5.41, 5.74) is 3.99. The van der Waals surface area contributed by atoms with E-state index in [1.165, 1.54) is 54.7 Å². The molecule has 0 fully saturated rings. The van der Waals surface area contributed by atoms with Crippen molar-refractivity contribution in [2.45, 2.75) is 36.7 Å². The van der Waals surface area contributed by atoms with Crippen LogP contribution in [-0.2, 0) is 20.6 Å². The highest BCUT2D eigenvalue weighted by Gasteiger charge is 2.22. The Morgan fingerprint density at radius 3 is 2.50 bits per heavy atom. The smallest absolute Gasteiger partial charge is 0.244 e. The van der Waals surface area contributed by atoms with Gasteiger partial charge in [0, 0.05) is 25.5 Å². The summed E-state index contributed by atoms with van der Waals surface area (Å²) >= 11 is 7.58. The van der Waals surface area contributed by atoms with Crippen LogP contribution in [0.5, 0.6) is 0 Å². The molecule has 0 aliphatic carbocycles. The van der Waals surface area contributed by atoms with Crippen molar-refractivity contribution in [2.24, 2.45) is 0 Å². The lowest BCUT2D eigenvalue weighted by Gasteiger charge is -2.16. The van der Waals surface area contributed by atoms with Crippen LogP contribution in [0.3, 0.4) is 0 Å². The van der Waals surface area contributed by atoms with Crippen LogP contribution in [0.2, 0.25) is 5.02 Å². The standard InChI is InChI=1S/C20H25ClN2O3S2/c1-13-6-7-14(2)16(10-13)12-27-15(3)20(24)22-17-8-9-18(21)19(11-17)28(25,26)23(4)5/h6-11,15H,12H2,1-5H3,(H,22,24). The van der Waals surface area contributed by atoms with Crippen LogP contribution in [0.15, 0.2) is 41.3 Å². The molecule has 0 aliphatic rings. The van der Waals surface area contributed by atoms with Crippen molar-refractivity contribution in [3.63, 3.8) is 0 Å². The van der Waals surface area contributed by atoms with Gasteiger partial charge in [-0.2, -0.15) is 0 Å². The average molecular weight is 441 g/mol. The third kappa shape index (κ3) is 5.50. The van der Waals surface area contributed by atoms with Gasteiger partial charge in [0.25, 0.3) is 0 Å². The Morgan fingerprint density at radius 2 is 1.86 bits per heavy atom. The Labute approximate surface area is 176 Å². The first kappa shape index (κ1) is 22.7. The van der Waals surface area contributed by atoms with Crippen LogP contribution < -0.4 is 5.32 Å². The van der Waals surface area contributed by atoms with Gasteiger partial charge in [0.1, 0.15) is 4.90 Å². The summed E-state index contributed by atoms with van der Waals surface area (Å²) in [6.07, 6.45) is 0. The van der Waals surface area contributed by atoms with Crippen LogP contribution in [0, 0.1) is 13.8 Å². The number of hydrogen-bond donors (Lipinski definition) is 1. The zero-order valence-corrected chi connectivity index (χ0v) is 19.0. The molecule has 0 spiro atoms. The Bertz CT molecular complexity index is 975. The highest BCUT2D eigenvalue weighted by Crippen LogP contribution is 2.28. The third-order valence-corrected chi connectivity index (χ3v) is 7.81. The van der Waals surface area contributed by atoms with E-state index in [0.717, 1.165) is 10.1 Å². The molecule has 1 atom stereocenters. The summed E-state index contributed by atoms with van der Waals surface area (Å²) in [4.78, 5) is 12.5. The highest BCUT2D eigenvalue weighted by molar-refractivity contribution is 7.99. The molecular formula is C20H25ClN2O3S2. The molecular weight excluding hydrogens is 416 g/mol. The number of anilines is 1. The molecule has 2 aromatic rings. The zero-order valence-electron chi connectivity index (χ0n) is 16.6. The van der Waals surface area contributed by atoms with Crippen LogP contribution in [0.25, 0.3) is 0 Å². The van der Waals surface area contributed by atoms with E-state index in [9.17, 15) is 13.2 Å². The van der Waals surface area contributed by atoms with E-state index in [-0.39, 0.29) is 21.1 Å². The number of rotatable bonds is 7. The van der Waals surface area contributed by atoms with Crippen molar-refractivity contribution in [2.75, 3.05) is 19.4 Å². The summed E-state index contributed by atoms with van der Waals surface area (Å²) < 4.78 is 25.8. The predicted molar refractivity (Wildman–Crippen MR) is 118 cm³/mol. The Morgan fingerprint density at radius 1 is 1.18 bits per heavy atom. The Kier molecular flexibility index (Phi) is 7.56. The lowest BCUT2D eigenvalue weighted by atomic mass is 10.1. The minimum Gasteiger partial charge on any atom is -0.325 e. The van der Waals surface area contributed by atoms with Crippen molar-refractivity contribution in [1.82, 2.24) is 4.31 Å². The molecule has 2 rings (SSSR count).